The fourth-order valence-electron chi connectivity index (χ4n) is 4.56. The first-order chi connectivity index (χ1) is 17.2. The van der Waals surface area contributed by atoms with E-state index in [-0.39, 0.29) is 16.4 Å². The zero-order valence-electron chi connectivity index (χ0n) is 21.2. The first-order valence-electron chi connectivity index (χ1n) is 12.2. The van der Waals surface area contributed by atoms with Crippen LogP contribution in [-0.4, -0.2) is 32.3 Å². The molecule has 0 heterocycles. The third-order valence-electron chi connectivity index (χ3n) is 6.51. The van der Waals surface area contributed by atoms with E-state index < -0.39 is 15.6 Å². The van der Waals surface area contributed by atoms with Crippen LogP contribution in [-0.2, 0) is 15.6 Å². The Labute approximate surface area is 213 Å². The smallest absolute Gasteiger partial charge is 0.255 e. The van der Waals surface area contributed by atoms with Crippen molar-refractivity contribution in [1.82, 2.24) is 9.62 Å². The second kappa shape index (κ2) is 10.2. The molecule has 0 atom stereocenters. The molecule has 0 aliphatic carbocycles. The first-order valence-corrected chi connectivity index (χ1v) is 13.7. The van der Waals surface area contributed by atoms with E-state index in [1.807, 2.05) is 100 Å². The van der Waals surface area contributed by atoms with Gasteiger partial charge in [-0.25, -0.2) is 13.1 Å². The fraction of sp³-hybridized carbons (Fsp3) is 0.233. The number of carbonyl (C=O) groups is 1. The van der Waals surface area contributed by atoms with Crippen molar-refractivity contribution in [2.45, 2.75) is 38.1 Å². The van der Waals surface area contributed by atoms with Gasteiger partial charge in [0.05, 0.1) is 11.1 Å². The lowest BCUT2D eigenvalue weighted by atomic mass is 9.96. The summed E-state index contributed by atoms with van der Waals surface area (Å²) in [7, 11) is -4.12. The average molecular weight is 501 g/mol. The van der Waals surface area contributed by atoms with Crippen molar-refractivity contribution >= 4 is 26.7 Å². The van der Waals surface area contributed by atoms with Crippen LogP contribution >= 0.6 is 0 Å². The van der Waals surface area contributed by atoms with Gasteiger partial charge in [0.1, 0.15) is 4.90 Å². The number of carbonyl (C=O) groups excluding carboxylic acids is 1. The Kier molecular flexibility index (Phi) is 7.29. The number of hydrogen-bond acceptors (Lipinski definition) is 3. The molecular weight excluding hydrogens is 468 g/mol. The van der Waals surface area contributed by atoms with Crippen LogP contribution in [0.25, 0.3) is 21.9 Å². The molecule has 0 bridgehead atoms. The number of amides is 1. The highest BCUT2D eigenvalue weighted by Gasteiger charge is 2.33. The third kappa shape index (κ3) is 5.06. The fourth-order valence-corrected chi connectivity index (χ4v) is 6.37. The average Bonchev–Trinajstić information content (AvgIpc) is 2.88. The van der Waals surface area contributed by atoms with Gasteiger partial charge >= 0.3 is 0 Å². The SMILES string of the molecule is CCN(CC)C(=O)c1cccc(-c2ccc3ccccc3c2)c1S(=O)(=O)NC(C)(C)c1ccccc1. The van der Waals surface area contributed by atoms with E-state index in [0.29, 0.717) is 18.7 Å². The van der Waals surface area contributed by atoms with E-state index in [0.717, 1.165) is 21.9 Å². The van der Waals surface area contributed by atoms with Crippen molar-refractivity contribution in [2.75, 3.05) is 13.1 Å². The molecule has 0 saturated heterocycles. The van der Waals surface area contributed by atoms with Crippen molar-refractivity contribution in [2.24, 2.45) is 0 Å². The van der Waals surface area contributed by atoms with Gasteiger partial charge < -0.3 is 4.90 Å². The maximum Gasteiger partial charge on any atom is 0.255 e. The summed E-state index contributed by atoms with van der Waals surface area (Å²) in [6.45, 7) is 8.39. The van der Waals surface area contributed by atoms with E-state index in [1.165, 1.54) is 0 Å². The Balaban J connectivity index is 1.93. The molecule has 0 aliphatic rings. The Morgan fingerprint density at radius 2 is 1.44 bits per heavy atom. The molecule has 0 radical (unpaired) electrons. The maximum atomic E-state index is 14.1. The van der Waals surface area contributed by atoms with Crippen LogP contribution in [0.5, 0.6) is 0 Å². The maximum absolute atomic E-state index is 14.1. The summed E-state index contributed by atoms with van der Waals surface area (Å²) in [6, 6.07) is 28.3. The summed E-state index contributed by atoms with van der Waals surface area (Å²) in [5.74, 6) is -0.305. The highest BCUT2D eigenvalue weighted by atomic mass is 32.2. The third-order valence-corrected chi connectivity index (χ3v) is 8.27. The number of nitrogens with one attached hydrogen (secondary N) is 1. The molecule has 186 valence electrons. The Morgan fingerprint density at radius 1 is 0.806 bits per heavy atom. The summed E-state index contributed by atoms with van der Waals surface area (Å²) in [5.41, 5.74) is 1.33. The van der Waals surface area contributed by atoms with Crippen LogP contribution in [0.4, 0.5) is 0 Å². The monoisotopic (exact) mass is 500 g/mol. The molecule has 1 N–H and O–H groups in total. The van der Waals surface area contributed by atoms with Crippen molar-refractivity contribution in [3.05, 3.63) is 102 Å². The van der Waals surface area contributed by atoms with Crippen LogP contribution in [0.15, 0.2) is 95.9 Å². The normalized spacial score (nSPS) is 12.0. The molecular formula is C30H32N2O3S. The number of fused-ring (bicyclic) bond motifs is 1. The van der Waals surface area contributed by atoms with Gasteiger partial charge in [-0.05, 0) is 61.7 Å². The van der Waals surface area contributed by atoms with E-state index in [1.54, 1.807) is 23.1 Å². The lowest BCUT2D eigenvalue weighted by molar-refractivity contribution is 0.0769. The molecule has 1 amide bonds. The van der Waals surface area contributed by atoms with Gasteiger partial charge in [0.15, 0.2) is 0 Å². The van der Waals surface area contributed by atoms with Gasteiger partial charge in [-0.1, -0.05) is 78.9 Å². The molecule has 4 aromatic rings. The molecule has 0 fully saturated rings. The zero-order chi connectivity index (χ0) is 25.9. The summed E-state index contributed by atoms with van der Waals surface area (Å²) in [4.78, 5) is 15.2. The molecule has 36 heavy (non-hydrogen) atoms. The minimum atomic E-state index is -4.12. The Bertz CT molecular complexity index is 1490. The van der Waals surface area contributed by atoms with Crippen molar-refractivity contribution < 1.29 is 13.2 Å². The van der Waals surface area contributed by atoms with Crippen molar-refractivity contribution in [1.29, 1.82) is 0 Å². The number of nitrogens with zero attached hydrogens (tertiary/aromatic N) is 1. The van der Waals surface area contributed by atoms with E-state index >= 15 is 0 Å². The number of benzene rings is 4. The van der Waals surface area contributed by atoms with E-state index in [4.69, 9.17) is 0 Å². The van der Waals surface area contributed by atoms with Gasteiger partial charge in [-0.3, -0.25) is 4.79 Å². The summed E-state index contributed by atoms with van der Waals surface area (Å²) >= 11 is 0. The van der Waals surface area contributed by atoms with Gasteiger partial charge in [0.25, 0.3) is 5.91 Å². The van der Waals surface area contributed by atoms with Gasteiger partial charge in [-0.15, -0.1) is 0 Å². The van der Waals surface area contributed by atoms with Crippen LogP contribution in [0.3, 0.4) is 0 Å². The summed E-state index contributed by atoms with van der Waals surface area (Å²) < 4.78 is 31.1. The highest BCUT2D eigenvalue weighted by molar-refractivity contribution is 7.89. The molecule has 0 aliphatic heterocycles. The second-order valence-corrected chi connectivity index (χ2v) is 10.9. The molecule has 0 saturated carbocycles. The second-order valence-electron chi connectivity index (χ2n) is 9.32. The molecule has 0 spiro atoms. The predicted molar refractivity (Wildman–Crippen MR) is 146 cm³/mol. The number of rotatable bonds is 8. The van der Waals surface area contributed by atoms with E-state index in [9.17, 15) is 13.2 Å². The van der Waals surface area contributed by atoms with Gasteiger partial charge in [-0.2, -0.15) is 0 Å². The van der Waals surface area contributed by atoms with Crippen molar-refractivity contribution in [3.63, 3.8) is 0 Å². The lowest BCUT2D eigenvalue weighted by Crippen LogP contribution is -2.42. The van der Waals surface area contributed by atoms with E-state index in [2.05, 4.69) is 4.72 Å². The topological polar surface area (TPSA) is 66.5 Å². The predicted octanol–water partition coefficient (Wildman–Crippen LogP) is 6.20. The van der Waals surface area contributed by atoms with Gasteiger partial charge in [0.2, 0.25) is 10.0 Å². The standard InChI is InChI=1S/C30H32N2O3S/c1-5-32(6-2)29(33)27-18-12-17-26(24-20-19-22-13-10-11-14-23(22)21-24)28(27)36(34,35)31-30(3,4)25-15-8-7-9-16-25/h7-21,31H,5-6H2,1-4H3. The van der Waals surface area contributed by atoms with Crippen LogP contribution in [0.1, 0.15) is 43.6 Å². The van der Waals surface area contributed by atoms with Crippen LogP contribution < -0.4 is 4.72 Å². The molecule has 0 aromatic heterocycles. The van der Waals surface area contributed by atoms with Crippen LogP contribution in [0, 0.1) is 0 Å². The molecule has 4 rings (SSSR count). The first kappa shape index (κ1) is 25.6. The number of sulfonamides is 1. The minimum Gasteiger partial charge on any atom is -0.339 e. The Morgan fingerprint density at radius 3 is 2.11 bits per heavy atom. The summed E-state index contributed by atoms with van der Waals surface area (Å²) in [5, 5.41) is 2.06. The lowest BCUT2D eigenvalue weighted by Gasteiger charge is -2.28. The van der Waals surface area contributed by atoms with Gasteiger partial charge in [0, 0.05) is 18.7 Å². The number of hydrogen-bond donors (Lipinski definition) is 1. The largest absolute Gasteiger partial charge is 0.339 e. The van der Waals surface area contributed by atoms with Crippen LogP contribution in [0.2, 0.25) is 0 Å². The Hall–Kier alpha value is -3.48. The molecule has 4 aromatic carbocycles. The molecule has 0 unspecified atom stereocenters. The zero-order valence-corrected chi connectivity index (χ0v) is 22.0. The molecule has 6 heteroatoms. The van der Waals surface area contributed by atoms with Crippen molar-refractivity contribution in [3.8, 4) is 11.1 Å². The minimum absolute atomic E-state index is 0.00110. The quantitative estimate of drug-likeness (QED) is 0.313. The summed E-state index contributed by atoms with van der Waals surface area (Å²) in [6.07, 6.45) is 0. The molecule has 5 nitrogen and oxygen atoms in total. The highest BCUT2D eigenvalue weighted by Crippen LogP contribution is 2.34.